The van der Waals surface area contributed by atoms with Crippen molar-refractivity contribution in [2.45, 2.75) is 32.0 Å². The summed E-state index contributed by atoms with van der Waals surface area (Å²) in [6, 6.07) is 15.3. The number of carbonyl (C=O) groups is 1. The van der Waals surface area contributed by atoms with Gasteiger partial charge in [0.25, 0.3) is 0 Å². The highest BCUT2D eigenvalue weighted by atomic mass is 19.1. The lowest BCUT2D eigenvalue weighted by Crippen LogP contribution is -2.38. The van der Waals surface area contributed by atoms with Crippen LogP contribution in [0.25, 0.3) is 0 Å². The van der Waals surface area contributed by atoms with E-state index in [0.717, 1.165) is 29.7 Å². The molecule has 0 N–H and O–H groups in total. The van der Waals surface area contributed by atoms with Crippen LogP contribution in [0.5, 0.6) is 0 Å². The van der Waals surface area contributed by atoms with Gasteiger partial charge in [-0.2, -0.15) is 0 Å². The molecule has 0 saturated heterocycles. The number of hydrogen-bond donors (Lipinski definition) is 0. The topological polar surface area (TPSA) is 26.8 Å². The van der Waals surface area contributed by atoms with Gasteiger partial charge in [-0.25, -0.2) is 4.39 Å². The van der Waals surface area contributed by atoms with Crippen molar-refractivity contribution in [2.24, 2.45) is 0 Å². The molecule has 2 aromatic carbocycles. The number of nitrogens with zero attached hydrogens (tertiary/aromatic N) is 3. The lowest BCUT2D eigenvalue weighted by molar-refractivity contribution is -0.132. The molecule has 1 amide bonds. The molecule has 0 spiro atoms. The molecule has 0 bridgehead atoms. The summed E-state index contributed by atoms with van der Waals surface area (Å²) in [7, 11) is 5.88. The number of anilines is 1. The average molecular weight is 369 g/mol. The van der Waals surface area contributed by atoms with E-state index >= 15 is 0 Å². The van der Waals surface area contributed by atoms with E-state index in [9.17, 15) is 9.18 Å². The molecule has 0 aliphatic heterocycles. The molecular weight excluding hydrogens is 341 g/mol. The van der Waals surface area contributed by atoms with E-state index in [0.29, 0.717) is 25.7 Å². The maximum absolute atomic E-state index is 13.1. The number of carbonyl (C=O) groups excluding carboxylic acids is 1. The number of amides is 1. The van der Waals surface area contributed by atoms with Crippen molar-refractivity contribution in [3.63, 3.8) is 0 Å². The minimum atomic E-state index is -0.229. The van der Waals surface area contributed by atoms with Crippen molar-refractivity contribution in [3.05, 3.63) is 65.5 Å². The highest BCUT2D eigenvalue weighted by Crippen LogP contribution is 2.28. The quantitative estimate of drug-likeness (QED) is 0.712. The molecule has 2 aromatic rings. The fourth-order valence-electron chi connectivity index (χ4n) is 3.13. The van der Waals surface area contributed by atoms with Crippen LogP contribution in [0, 0.1) is 5.82 Å². The predicted octanol–water partition coefficient (Wildman–Crippen LogP) is 3.51. The van der Waals surface area contributed by atoms with Crippen LogP contribution < -0.4 is 4.90 Å². The largest absolute Gasteiger partial charge is 0.378 e. The highest BCUT2D eigenvalue weighted by molar-refractivity contribution is 5.78. The molecule has 3 rings (SSSR count). The number of rotatable bonds is 8. The Hall–Kier alpha value is -2.40. The summed E-state index contributed by atoms with van der Waals surface area (Å²) < 4.78 is 13.1. The zero-order valence-corrected chi connectivity index (χ0v) is 16.4. The van der Waals surface area contributed by atoms with Gasteiger partial charge in [0.15, 0.2) is 0 Å². The molecule has 0 atom stereocenters. The lowest BCUT2D eigenvalue weighted by Gasteiger charge is -2.25. The van der Waals surface area contributed by atoms with Crippen molar-refractivity contribution >= 4 is 11.6 Å². The number of hydrogen-bond acceptors (Lipinski definition) is 3. The molecule has 0 unspecified atom stereocenters. The molecule has 1 fully saturated rings. The molecule has 144 valence electrons. The van der Waals surface area contributed by atoms with E-state index in [4.69, 9.17) is 0 Å². The fourth-order valence-corrected chi connectivity index (χ4v) is 3.13. The van der Waals surface area contributed by atoms with Gasteiger partial charge in [0.05, 0.1) is 6.54 Å². The van der Waals surface area contributed by atoms with Gasteiger partial charge >= 0.3 is 0 Å². The Morgan fingerprint density at radius 3 is 2.04 bits per heavy atom. The molecule has 0 heterocycles. The Bertz CT molecular complexity index is 754. The van der Waals surface area contributed by atoms with E-state index in [2.05, 4.69) is 34.1 Å². The zero-order chi connectivity index (χ0) is 19.4. The van der Waals surface area contributed by atoms with Crippen LogP contribution in [0.4, 0.5) is 10.1 Å². The third-order valence-electron chi connectivity index (χ3n) is 5.00. The summed E-state index contributed by atoms with van der Waals surface area (Å²) in [4.78, 5) is 18.8. The summed E-state index contributed by atoms with van der Waals surface area (Å²) in [5.74, 6) is -0.117. The summed E-state index contributed by atoms with van der Waals surface area (Å²) in [5.41, 5.74) is 3.30. The van der Waals surface area contributed by atoms with Crippen LogP contribution in [0.1, 0.15) is 24.0 Å². The van der Waals surface area contributed by atoms with Gasteiger partial charge in [-0.15, -0.1) is 0 Å². The Kier molecular flexibility index (Phi) is 6.11. The third kappa shape index (κ3) is 5.54. The maximum atomic E-state index is 13.1. The molecule has 0 aromatic heterocycles. The van der Waals surface area contributed by atoms with Crippen LogP contribution in [0.2, 0.25) is 0 Å². The summed E-state index contributed by atoms with van der Waals surface area (Å²) in [6.45, 7) is 1.68. The first-order chi connectivity index (χ1) is 12.9. The normalized spacial score (nSPS) is 13.7. The molecule has 0 radical (unpaired) electrons. The first-order valence-corrected chi connectivity index (χ1v) is 9.41. The Labute approximate surface area is 161 Å². The number of halogens is 1. The average Bonchev–Trinajstić information content (AvgIpc) is 3.48. The van der Waals surface area contributed by atoms with E-state index in [-0.39, 0.29) is 11.7 Å². The van der Waals surface area contributed by atoms with E-state index in [1.807, 2.05) is 21.1 Å². The number of benzene rings is 2. The van der Waals surface area contributed by atoms with Gasteiger partial charge in [0, 0.05) is 46.0 Å². The second kappa shape index (κ2) is 8.53. The van der Waals surface area contributed by atoms with Gasteiger partial charge in [-0.3, -0.25) is 9.69 Å². The molecule has 1 aliphatic carbocycles. The van der Waals surface area contributed by atoms with Crippen molar-refractivity contribution in [3.8, 4) is 0 Å². The Balaban J connectivity index is 1.57. The van der Waals surface area contributed by atoms with Crippen molar-refractivity contribution in [1.29, 1.82) is 0 Å². The molecular formula is C22H28FN3O. The fraction of sp³-hybridized carbons (Fsp3) is 0.409. The first kappa shape index (κ1) is 19.4. The highest BCUT2D eigenvalue weighted by Gasteiger charge is 2.31. The maximum Gasteiger partial charge on any atom is 0.236 e. The SMILES string of the molecule is CN(Cc1ccc(N(C)C)cc1)C(=O)CN(Cc1ccc(F)cc1)C1CC1. The standard InChI is InChI=1S/C22H28FN3O/c1-24(2)20-10-6-17(7-11-20)14-25(3)22(27)16-26(21-12-13-21)15-18-4-8-19(23)9-5-18/h4-11,21H,12-16H2,1-3H3. The van der Waals surface area contributed by atoms with E-state index in [1.54, 1.807) is 17.0 Å². The van der Waals surface area contributed by atoms with Gasteiger partial charge in [-0.1, -0.05) is 24.3 Å². The predicted molar refractivity (Wildman–Crippen MR) is 107 cm³/mol. The summed E-state index contributed by atoms with van der Waals surface area (Å²) in [5, 5.41) is 0. The van der Waals surface area contributed by atoms with Crippen LogP contribution >= 0.6 is 0 Å². The number of likely N-dealkylation sites (N-methyl/N-ethyl adjacent to an activating group) is 1. The lowest BCUT2D eigenvalue weighted by atomic mass is 10.2. The van der Waals surface area contributed by atoms with Crippen LogP contribution in [0.3, 0.4) is 0 Å². The molecule has 5 heteroatoms. The second-order valence-electron chi connectivity index (χ2n) is 7.57. The van der Waals surface area contributed by atoms with Gasteiger partial charge < -0.3 is 9.80 Å². The minimum Gasteiger partial charge on any atom is -0.378 e. The molecule has 1 aliphatic rings. The van der Waals surface area contributed by atoms with Crippen LogP contribution in [-0.2, 0) is 17.9 Å². The molecule has 27 heavy (non-hydrogen) atoms. The van der Waals surface area contributed by atoms with Crippen molar-refractivity contribution in [2.75, 3.05) is 32.6 Å². The van der Waals surface area contributed by atoms with Gasteiger partial charge in [0.2, 0.25) is 5.91 Å². The smallest absolute Gasteiger partial charge is 0.236 e. The minimum absolute atomic E-state index is 0.112. The zero-order valence-electron chi connectivity index (χ0n) is 16.4. The Morgan fingerprint density at radius 1 is 0.926 bits per heavy atom. The second-order valence-corrected chi connectivity index (χ2v) is 7.57. The summed E-state index contributed by atoms with van der Waals surface area (Å²) in [6.07, 6.45) is 2.26. The van der Waals surface area contributed by atoms with E-state index < -0.39 is 0 Å². The monoisotopic (exact) mass is 369 g/mol. The van der Waals surface area contributed by atoms with Gasteiger partial charge in [0.1, 0.15) is 5.82 Å². The van der Waals surface area contributed by atoms with Crippen LogP contribution in [-0.4, -0.2) is 49.4 Å². The van der Waals surface area contributed by atoms with Crippen molar-refractivity contribution in [1.82, 2.24) is 9.80 Å². The molecule has 4 nitrogen and oxygen atoms in total. The summed E-state index contributed by atoms with van der Waals surface area (Å²) >= 11 is 0. The van der Waals surface area contributed by atoms with E-state index in [1.165, 1.54) is 12.1 Å². The molecule has 1 saturated carbocycles. The third-order valence-corrected chi connectivity index (χ3v) is 5.00. The van der Waals surface area contributed by atoms with Crippen LogP contribution in [0.15, 0.2) is 48.5 Å². The van der Waals surface area contributed by atoms with Crippen molar-refractivity contribution < 1.29 is 9.18 Å². The Morgan fingerprint density at radius 2 is 1.48 bits per heavy atom. The van der Waals surface area contributed by atoms with Gasteiger partial charge in [-0.05, 0) is 48.2 Å². The first-order valence-electron chi connectivity index (χ1n) is 9.41.